The Hall–Kier alpha value is -1.34. The topological polar surface area (TPSA) is 105 Å². The molecule has 4 N–H and O–H groups in total. The van der Waals surface area contributed by atoms with Gasteiger partial charge in [-0.05, 0) is 19.4 Å². The predicted molar refractivity (Wildman–Crippen MR) is 66.3 cm³/mol. The van der Waals surface area contributed by atoms with Gasteiger partial charge in [-0.3, -0.25) is 0 Å². The lowest BCUT2D eigenvalue weighted by atomic mass is 10.3. The molecule has 1 aromatic heterocycles. The van der Waals surface area contributed by atoms with Crippen LogP contribution in [-0.4, -0.2) is 38.0 Å². The van der Waals surface area contributed by atoms with Crippen molar-refractivity contribution >= 4 is 17.6 Å². The van der Waals surface area contributed by atoms with E-state index in [1.807, 2.05) is 13.8 Å². The lowest BCUT2D eigenvalue weighted by Gasteiger charge is -2.09. The molecule has 0 saturated heterocycles. The van der Waals surface area contributed by atoms with Crippen LogP contribution in [0.15, 0.2) is 16.4 Å². The Morgan fingerprint density at radius 1 is 1.59 bits per heavy atom. The van der Waals surface area contributed by atoms with Crippen LogP contribution in [0.4, 0.5) is 0 Å². The molecule has 0 amide bonds. The minimum atomic E-state index is -0.0350. The van der Waals surface area contributed by atoms with E-state index in [0.29, 0.717) is 17.3 Å². The number of aliphatic hydroxyl groups excluding tert-OH is 1. The van der Waals surface area contributed by atoms with Gasteiger partial charge in [-0.2, -0.15) is 0 Å². The quantitative estimate of drug-likeness (QED) is 0.179. The van der Waals surface area contributed by atoms with Gasteiger partial charge in [-0.15, -0.1) is 0 Å². The third kappa shape index (κ3) is 4.20. The summed E-state index contributed by atoms with van der Waals surface area (Å²) in [5.41, 5.74) is 6.63. The highest BCUT2D eigenvalue weighted by molar-refractivity contribution is 7.99. The molecule has 1 atom stereocenters. The highest BCUT2D eigenvalue weighted by Crippen LogP contribution is 2.21. The minimum absolute atomic E-state index is 0.0350. The fourth-order valence-electron chi connectivity index (χ4n) is 1.20. The van der Waals surface area contributed by atoms with Crippen molar-refractivity contribution < 1.29 is 10.3 Å². The van der Waals surface area contributed by atoms with Crippen molar-refractivity contribution in [2.75, 3.05) is 6.61 Å². The van der Waals surface area contributed by atoms with E-state index in [1.54, 1.807) is 6.07 Å². The predicted octanol–water partition coefficient (Wildman–Crippen LogP) is 0.743. The van der Waals surface area contributed by atoms with Crippen molar-refractivity contribution in [3.8, 4) is 0 Å². The first kappa shape index (κ1) is 13.7. The number of nitrogens with zero attached hydrogens (tertiary/aromatic N) is 3. The van der Waals surface area contributed by atoms with Crippen molar-refractivity contribution in [3.63, 3.8) is 0 Å². The first-order valence-electron chi connectivity index (χ1n) is 5.18. The number of aliphatic hydroxyl groups is 1. The molecule has 94 valence electrons. The summed E-state index contributed by atoms with van der Waals surface area (Å²) >= 11 is 1.45. The zero-order chi connectivity index (χ0) is 12.8. The van der Waals surface area contributed by atoms with E-state index in [2.05, 4.69) is 15.1 Å². The van der Waals surface area contributed by atoms with Gasteiger partial charge >= 0.3 is 0 Å². The number of rotatable bonds is 5. The van der Waals surface area contributed by atoms with Gasteiger partial charge < -0.3 is 16.0 Å². The average molecular weight is 256 g/mol. The number of oxime groups is 1. The van der Waals surface area contributed by atoms with E-state index >= 15 is 0 Å². The van der Waals surface area contributed by atoms with Gasteiger partial charge in [0.1, 0.15) is 5.69 Å². The molecule has 0 aromatic carbocycles. The van der Waals surface area contributed by atoms with Gasteiger partial charge in [0.25, 0.3) is 0 Å². The van der Waals surface area contributed by atoms with Crippen LogP contribution in [0.1, 0.15) is 24.7 Å². The summed E-state index contributed by atoms with van der Waals surface area (Å²) in [5, 5.41) is 21.1. The van der Waals surface area contributed by atoms with Crippen LogP contribution in [0.2, 0.25) is 0 Å². The molecular formula is C10H16N4O2S. The molecule has 0 bridgehead atoms. The summed E-state index contributed by atoms with van der Waals surface area (Å²) < 4.78 is 0. The molecule has 0 fully saturated rings. The monoisotopic (exact) mass is 256 g/mol. The Bertz CT molecular complexity index is 411. The van der Waals surface area contributed by atoms with Crippen LogP contribution in [0.5, 0.6) is 0 Å². The van der Waals surface area contributed by atoms with Crippen LogP contribution in [0.3, 0.4) is 0 Å². The van der Waals surface area contributed by atoms with E-state index in [0.717, 1.165) is 5.69 Å². The van der Waals surface area contributed by atoms with Gasteiger partial charge in [0.05, 0.1) is 0 Å². The summed E-state index contributed by atoms with van der Waals surface area (Å²) in [4.78, 5) is 8.43. The molecule has 0 radical (unpaired) electrons. The second-order valence-corrected chi connectivity index (χ2v) is 5.01. The maximum atomic E-state index is 8.82. The minimum Gasteiger partial charge on any atom is -0.409 e. The van der Waals surface area contributed by atoms with Crippen molar-refractivity contribution in [2.24, 2.45) is 10.9 Å². The molecule has 0 aliphatic rings. The number of aromatic nitrogens is 2. The van der Waals surface area contributed by atoms with E-state index in [4.69, 9.17) is 16.0 Å². The number of hydrogen-bond donors (Lipinski definition) is 3. The average Bonchev–Trinajstić information content (AvgIpc) is 2.27. The number of thioether (sulfide) groups is 1. The summed E-state index contributed by atoms with van der Waals surface area (Å²) in [7, 11) is 0. The van der Waals surface area contributed by atoms with E-state index < -0.39 is 0 Å². The third-order valence-electron chi connectivity index (χ3n) is 2.05. The van der Waals surface area contributed by atoms with Crippen molar-refractivity contribution in [1.29, 1.82) is 0 Å². The maximum Gasteiger partial charge on any atom is 0.188 e. The molecule has 6 nitrogen and oxygen atoms in total. The smallest absolute Gasteiger partial charge is 0.188 e. The Morgan fingerprint density at radius 2 is 2.29 bits per heavy atom. The van der Waals surface area contributed by atoms with Crippen molar-refractivity contribution in [2.45, 2.75) is 30.7 Å². The Labute approximate surface area is 104 Å². The molecule has 1 aromatic rings. The summed E-state index contributed by atoms with van der Waals surface area (Å²) in [6, 6.07) is 1.65. The first-order chi connectivity index (χ1) is 8.06. The zero-order valence-corrected chi connectivity index (χ0v) is 10.6. The van der Waals surface area contributed by atoms with Gasteiger partial charge in [0.2, 0.25) is 0 Å². The second kappa shape index (κ2) is 6.41. The highest BCUT2D eigenvalue weighted by atomic mass is 32.2. The lowest BCUT2D eigenvalue weighted by molar-refractivity contribution is 0.289. The first-order valence-corrected chi connectivity index (χ1v) is 6.06. The normalized spacial score (nSPS) is 13.7. The Kier molecular flexibility index (Phi) is 5.17. The van der Waals surface area contributed by atoms with Gasteiger partial charge in [0, 0.05) is 17.6 Å². The number of nitrogens with two attached hydrogens (primary N) is 1. The van der Waals surface area contributed by atoms with Crippen LogP contribution in [-0.2, 0) is 0 Å². The maximum absolute atomic E-state index is 8.82. The van der Waals surface area contributed by atoms with Crippen LogP contribution < -0.4 is 5.73 Å². The fourth-order valence-corrected chi connectivity index (χ4v) is 2.13. The van der Waals surface area contributed by atoms with Crippen LogP contribution in [0.25, 0.3) is 0 Å². The van der Waals surface area contributed by atoms with Crippen LogP contribution in [0, 0.1) is 6.92 Å². The third-order valence-corrected chi connectivity index (χ3v) is 3.08. The molecular weight excluding hydrogens is 240 g/mol. The lowest BCUT2D eigenvalue weighted by Crippen LogP contribution is -2.16. The van der Waals surface area contributed by atoms with Gasteiger partial charge in [-0.25, -0.2) is 9.97 Å². The largest absolute Gasteiger partial charge is 0.409 e. The second-order valence-electron chi connectivity index (χ2n) is 3.60. The van der Waals surface area contributed by atoms with Crippen molar-refractivity contribution in [1.82, 2.24) is 9.97 Å². The van der Waals surface area contributed by atoms with Crippen LogP contribution >= 0.6 is 11.8 Å². The number of hydrogen-bond acceptors (Lipinski definition) is 6. The Balaban J connectivity index is 2.90. The summed E-state index contributed by atoms with van der Waals surface area (Å²) in [6.45, 7) is 3.93. The molecule has 0 aliphatic heterocycles. The Morgan fingerprint density at radius 3 is 2.88 bits per heavy atom. The zero-order valence-electron chi connectivity index (χ0n) is 9.79. The van der Waals surface area contributed by atoms with Gasteiger partial charge in [-0.1, -0.05) is 23.8 Å². The molecule has 0 spiro atoms. The molecule has 17 heavy (non-hydrogen) atoms. The molecule has 7 heteroatoms. The fraction of sp³-hybridized carbons (Fsp3) is 0.500. The SMILES string of the molecule is Cc1cc(/C(N)=N/O)nc(SC(C)CCO)n1. The molecule has 1 unspecified atom stereocenters. The molecule has 0 saturated carbocycles. The number of aryl methyl sites for hydroxylation is 1. The summed E-state index contributed by atoms with van der Waals surface area (Å²) in [5.74, 6) is -0.0350. The van der Waals surface area contributed by atoms with E-state index in [1.165, 1.54) is 11.8 Å². The van der Waals surface area contributed by atoms with Crippen molar-refractivity contribution in [3.05, 3.63) is 17.5 Å². The van der Waals surface area contributed by atoms with Gasteiger partial charge in [0.15, 0.2) is 11.0 Å². The number of amidine groups is 1. The van der Waals surface area contributed by atoms with E-state index in [-0.39, 0.29) is 17.7 Å². The summed E-state index contributed by atoms with van der Waals surface area (Å²) in [6.07, 6.45) is 0.668. The standard InChI is InChI=1S/C10H16N4O2S/c1-6-5-8(9(11)14-16)13-10(12-6)17-7(2)3-4-15/h5,7,15-16H,3-4H2,1-2H3,(H2,11,14). The highest BCUT2D eigenvalue weighted by Gasteiger charge is 2.10. The van der Waals surface area contributed by atoms with E-state index in [9.17, 15) is 0 Å². The molecule has 1 rings (SSSR count). The molecule has 1 heterocycles. The molecule has 0 aliphatic carbocycles.